The van der Waals surface area contributed by atoms with Crippen LogP contribution in [0.15, 0.2) is 65.4 Å². The molecule has 164 valence electrons. The van der Waals surface area contributed by atoms with Gasteiger partial charge in [-0.05, 0) is 44.5 Å². The van der Waals surface area contributed by atoms with Crippen LogP contribution in [0, 0.1) is 0 Å². The van der Waals surface area contributed by atoms with E-state index in [-0.39, 0.29) is 17.5 Å². The Labute approximate surface area is 185 Å². The number of amides is 1. The summed E-state index contributed by atoms with van der Waals surface area (Å²) < 4.78 is 12.7. The zero-order chi connectivity index (χ0) is 22.7. The number of esters is 1. The summed E-state index contributed by atoms with van der Waals surface area (Å²) in [6.45, 7) is 5.85. The van der Waals surface area contributed by atoms with E-state index in [0.717, 1.165) is 5.56 Å². The first-order chi connectivity index (χ1) is 15.4. The molecule has 1 N–H and O–H groups in total. The first-order valence-electron chi connectivity index (χ1n) is 10.4. The molecule has 1 atom stereocenters. The van der Waals surface area contributed by atoms with Crippen LogP contribution in [0.5, 0.6) is 0 Å². The Kier molecular flexibility index (Phi) is 6.02. The van der Waals surface area contributed by atoms with E-state index in [0.29, 0.717) is 29.0 Å². The molecule has 4 rings (SSSR count). The number of furan rings is 1. The molecular formula is C24H24N4O4. The van der Waals surface area contributed by atoms with Crippen molar-refractivity contribution >= 4 is 22.9 Å². The van der Waals surface area contributed by atoms with Gasteiger partial charge in [0, 0.05) is 12.6 Å². The van der Waals surface area contributed by atoms with Crippen molar-refractivity contribution in [3.63, 3.8) is 0 Å². The summed E-state index contributed by atoms with van der Waals surface area (Å²) in [7, 11) is 0. The van der Waals surface area contributed by atoms with Crippen LogP contribution < -0.4 is 5.32 Å². The number of carbonyl (C=O) groups excluding carboxylic acids is 2. The monoisotopic (exact) mass is 432 g/mol. The Hall–Kier alpha value is -3.94. The van der Waals surface area contributed by atoms with Gasteiger partial charge in [0.2, 0.25) is 0 Å². The molecule has 0 aliphatic rings. The smallest absolute Gasteiger partial charge is 0.339 e. The fourth-order valence-electron chi connectivity index (χ4n) is 3.32. The van der Waals surface area contributed by atoms with Crippen LogP contribution in [-0.2, 0) is 16.1 Å². The molecule has 3 heterocycles. The highest BCUT2D eigenvalue weighted by Gasteiger charge is 2.24. The lowest BCUT2D eigenvalue weighted by Gasteiger charge is -2.14. The van der Waals surface area contributed by atoms with E-state index in [1.807, 2.05) is 44.2 Å². The second-order valence-electron chi connectivity index (χ2n) is 7.70. The van der Waals surface area contributed by atoms with Crippen molar-refractivity contribution in [2.45, 2.75) is 39.5 Å². The summed E-state index contributed by atoms with van der Waals surface area (Å²) in [5, 5.41) is 7.71. The summed E-state index contributed by atoms with van der Waals surface area (Å²) in [6, 6.07) is 14.7. The van der Waals surface area contributed by atoms with E-state index in [1.54, 1.807) is 36.0 Å². The molecule has 32 heavy (non-hydrogen) atoms. The highest BCUT2D eigenvalue weighted by Crippen LogP contribution is 2.27. The van der Waals surface area contributed by atoms with Gasteiger partial charge < -0.3 is 14.5 Å². The van der Waals surface area contributed by atoms with Crippen molar-refractivity contribution in [1.29, 1.82) is 0 Å². The lowest BCUT2D eigenvalue weighted by Crippen LogP contribution is -2.35. The van der Waals surface area contributed by atoms with Gasteiger partial charge in [-0.2, -0.15) is 5.10 Å². The zero-order valence-electron chi connectivity index (χ0n) is 18.1. The lowest BCUT2D eigenvalue weighted by atomic mass is 10.1. The number of hydrogen-bond donors (Lipinski definition) is 1. The number of carbonyl (C=O) groups is 2. The van der Waals surface area contributed by atoms with E-state index in [9.17, 15) is 9.59 Å². The average Bonchev–Trinajstić information content (AvgIpc) is 3.47. The fourth-order valence-corrected chi connectivity index (χ4v) is 3.32. The molecular weight excluding hydrogens is 408 g/mol. The summed E-state index contributed by atoms with van der Waals surface area (Å²) in [4.78, 5) is 30.2. The van der Waals surface area contributed by atoms with Gasteiger partial charge in [-0.25, -0.2) is 14.5 Å². The molecule has 1 unspecified atom stereocenters. The number of nitrogens with zero attached hydrogens (tertiary/aromatic N) is 3. The van der Waals surface area contributed by atoms with E-state index in [1.165, 1.54) is 6.26 Å². The van der Waals surface area contributed by atoms with Crippen molar-refractivity contribution in [2.75, 3.05) is 0 Å². The molecule has 0 aliphatic carbocycles. The Morgan fingerprint density at radius 3 is 2.59 bits per heavy atom. The van der Waals surface area contributed by atoms with Crippen molar-refractivity contribution in [1.82, 2.24) is 20.1 Å². The average molecular weight is 432 g/mol. The van der Waals surface area contributed by atoms with Crippen LogP contribution in [0.1, 0.15) is 42.7 Å². The fraction of sp³-hybridized carbons (Fsp3) is 0.250. The van der Waals surface area contributed by atoms with E-state index >= 15 is 0 Å². The summed E-state index contributed by atoms with van der Waals surface area (Å²) >= 11 is 0. The number of ether oxygens (including phenoxy) is 1. The minimum absolute atomic E-state index is 0.0402. The molecule has 0 bridgehead atoms. The van der Waals surface area contributed by atoms with Gasteiger partial charge in [-0.1, -0.05) is 30.3 Å². The number of hydrogen-bond acceptors (Lipinski definition) is 6. The molecule has 0 spiro atoms. The number of aromatic nitrogens is 3. The maximum atomic E-state index is 13.1. The summed E-state index contributed by atoms with van der Waals surface area (Å²) in [5.74, 6) is -0.487. The third-order valence-electron chi connectivity index (χ3n) is 5.01. The summed E-state index contributed by atoms with van der Waals surface area (Å²) in [5.41, 5.74) is 2.26. The maximum Gasteiger partial charge on any atom is 0.339 e. The topological polar surface area (TPSA) is 99.2 Å². The molecule has 4 aromatic rings. The lowest BCUT2D eigenvalue weighted by molar-refractivity contribution is -0.129. The van der Waals surface area contributed by atoms with Crippen LogP contribution in [0.3, 0.4) is 0 Å². The van der Waals surface area contributed by atoms with Gasteiger partial charge in [-0.3, -0.25) is 4.79 Å². The number of fused-ring (bicyclic) bond motifs is 1. The predicted octanol–water partition coefficient (Wildman–Crippen LogP) is 4.13. The number of nitrogens with one attached hydrogen (secondary N) is 1. The van der Waals surface area contributed by atoms with Crippen LogP contribution >= 0.6 is 0 Å². The molecule has 8 heteroatoms. The summed E-state index contributed by atoms with van der Waals surface area (Å²) in [6.07, 6.45) is 2.16. The molecule has 0 radical (unpaired) electrons. The number of benzene rings is 1. The third-order valence-corrected chi connectivity index (χ3v) is 5.01. The van der Waals surface area contributed by atoms with E-state index < -0.39 is 12.1 Å². The van der Waals surface area contributed by atoms with Crippen molar-refractivity contribution < 1.29 is 18.7 Å². The normalized spacial score (nSPS) is 12.1. The largest absolute Gasteiger partial charge is 0.463 e. The second kappa shape index (κ2) is 9.05. The molecule has 0 aliphatic heterocycles. The SMILES string of the molecule is CC(OC(=O)c1cc(-c2ccco2)nc2c1cnn2C(C)C)C(=O)NCc1ccccc1. The van der Waals surface area contributed by atoms with Gasteiger partial charge >= 0.3 is 5.97 Å². The van der Waals surface area contributed by atoms with Crippen molar-refractivity contribution in [3.05, 3.63) is 72.1 Å². The highest BCUT2D eigenvalue weighted by atomic mass is 16.5. The molecule has 8 nitrogen and oxygen atoms in total. The Balaban J connectivity index is 1.57. The Bertz CT molecular complexity index is 1230. The maximum absolute atomic E-state index is 13.1. The highest BCUT2D eigenvalue weighted by molar-refractivity contribution is 6.04. The van der Waals surface area contributed by atoms with E-state index in [4.69, 9.17) is 9.15 Å². The van der Waals surface area contributed by atoms with Gasteiger partial charge in [0.25, 0.3) is 5.91 Å². The first kappa shape index (κ1) is 21.3. The van der Waals surface area contributed by atoms with E-state index in [2.05, 4.69) is 15.4 Å². The molecule has 0 saturated carbocycles. The van der Waals surface area contributed by atoms with Gasteiger partial charge in [0.1, 0.15) is 5.69 Å². The molecule has 1 amide bonds. The third kappa shape index (κ3) is 4.39. The molecule has 3 aromatic heterocycles. The van der Waals surface area contributed by atoms with Crippen molar-refractivity contribution in [2.24, 2.45) is 0 Å². The Morgan fingerprint density at radius 1 is 1.12 bits per heavy atom. The van der Waals surface area contributed by atoms with Crippen LogP contribution in [-0.4, -0.2) is 32.7 Å². The van der Waals surface area contributed by atoms with Gasteiger partial charge in [0.05, 0.1) is 23.4 Å². The molecule has 1 aromatic carbocycles. The number of rotatable bonds is 7. The van der Waals surface area contributed by atoms with Gasteiger partial charge in [-0.15, -0.1) is 0 Å². The van der Waals surface area contributed by atoms with Crippen LogP contribution in [0.2, 0.25) is 0 Å². The quantitative estimate of drug-likeness (QED) is 0.441. The Morgan fingerprint density at radius 2 is 1.91 bits per heavy atom. The second-order valence-corrected chi connectivity index (χ2v) is 7.70. The van der Waals surface area contributed by atoms with Crippen molar-refractivity contribution in [3.8, 4) is 11.5 Å². The first-order valence-corrected chi connectivity index (χ1v) is 10.4. The van der Waals surface area contributed by atoms with Crippen LogP contribution in [0.25, 0.3) is 22.5 Å². The predicted molar refractivity (Wildman–Crippen MR) is 119 cm³/mol. The zero-order valence-corrected chi connectivity index (χ0v) is 18.1. The molecule has 0 saturated heterocycles. The standard InChI is InChI=1S/C24H24N4O4/c1-15(2)28-22-19(14-26-28)18(12-20(27-22)21-10-7-11-31-21)24(30)32-16(3)23(29)25-13-17-8-5-4-6-9-17/h4-12,14-16H,13H2,1-3H3,(H,25,29). The van der Waals surface area contributed by atoms with Gasteiger partial charge in [0.15, 0.2) is 17.5 Å². The number of pyridine rings is 1. The minimum atomic E-state index is -0.971. The minimum Gasteiger partial charge on any atom is -0.463 e. The molecule has 0 fully saturated rings. The van der Waals surface area contributed by atoms with Crippen LogP contribution in [0.4, 0.5) is 0 Å².